The molecule has 0 saturated carbocycles. The molecule has 3 rings (SSSR count). The zero-order valence-corrected chi connectivity index (χ0v) is 11.6. The van der Waals surface area contributed by atoms with E-state index in [0.717, 1.165) is 5.56 Å². The molecule has 20 heavy (non-hydrogen) atoms. The summed E-state index contributed by atoms with van der Waals surface area (Å²) in [4.78, 5) is 14.8. The van der Waals surface area contributed by atoms with Crippen LogP contribution >= 0.6 is 0 Å². The topological polar surface area (TPSA) is 75.9 Å². The molecule has 0 spiro atoms. The van der Waals surface area contributed by atoms with Crippen LogP contribution in [0.5, 0.6) is 0 Å². The third-order valence-electron chi connectivity index (χ3n) is 3.02. The number of hydrogen-bond donors (Lipinski definition) is 1. The summed E-state index contributed by atoms with van der Waals surface area (Å²) in [5.41, 5.74) is 0.790. The van der Waals surface area contributed by atoms with Crippen molar-refractivity contribution in [2.24, 2.45) is 0 Å². The Kier molecular flexibility index (Phi) is 2.67. The highest BCUT2D eigenvalue weighted by Crippen LogP contribution is 2.19. The van der Waals surface area contributed by atoms with E-state index >= 15 is 0 Å². The average Bonchev–Trinajstić information content (AvgIpc) is 2.80. The summed E-state index contributed by atoms with van der Waals surface area (Å²) >= 11 is 0. The number of aromatic amines is 1. The molecule has 0 fully saturated rings. The Morgan fingerprint density at radius 1 is 1.10 bits per heavy atom. The fourth-order valence-corrected chi connectivity index (χ4v) is 2.02. The molecule has 0 aliphatic rings. The minimum Gasteiger partial charge on any atom is -0.288 e. The number of benzene rings is 1. The highest BCUT2D eigenvalue weighted by atomic mass is 16.1. The second-order valence-electron chi connectivity index (χ2n) is 5.68. The summed E-state index contributed by atoms with van der Waals surface area (Å²) in [5, 5.41) is 12.5. The number of nitrogens with zero attached hydrogens (tertiary/aromatic N) is 4. The van der Waals surface area contributed by atoms with E-state index < -0.39 is 0 Å². The van der Waals surface area contributed by atoms with E-state index in [0.29, 0.717) is 17.3 Å². The Balaban J connectivity index is 2.30. The normalized spacial score (nSPS) is 11.9. The number of nitrogens with one attached hydrogen (secondary N) is 1. The first-order chi connectivity index (χ1) is 9.47. The Morgan fingerprint density at radius 3 is 2.45 bits per heavy atom. The fourth-order valence-electron chi connectivity index (χ4n) is 2.02. The first-order valence-electron chi connectivity index (χ1n) is 6.38. The third kappa shape index (κ3) is 1.99. The van der Waals surface area contributed by atoms with E-state index in [9.17, 15) is 4.79 Å². The van der Waals surface area contributed by atoms with Crippen LogP contribution in [0.1, 0.15) is 26.5 Å². The number of fused-ring (bicyclic) bond motifs is 1. The van der Waals surface area contributed by atoms with Gasteiger partial charge in [0, 0.05) is 11.0 Å². The maximum absolute atomic E-state index is 12.0. The van der Waals surface area contributed by atoms with Gasteiger partial charge in [0.1, 0.15) is 5.69 Å². The summed E-state index contributed by atoms with van der Waals surface area (Å²) in [6, 6.07) is 9.64. The van der Waals surface area contributed by atoms with Gasteiger partial charge >= 0.3 is 0 Å². The molecule has 2 heterocycles. The summed E-state index contributed by atoms with van der Waals surface area (Å²) < 4.78 is 1.58. The molecule has 1 N–H and O–H groups in total. The van der Waals surface area contributed by atoms with Crippen molar-refractivity contribution in [3.05, 3.63) is 46.4 Å². The van der Waals surface area contributed by atoms with Crippen LogP contribution in [0, 0.1) is 0 Å². The van der Waals surface area contributed by atoms with E-state index in [1.54, 1.807) is 4.52 Å². The molecule has 1 aromatic carbocycles. The van der Waals surface area contributed by atoms with Gasteiger partial charge in [-0.15, -0.1) is 10.2 Å². The standard InChI is InChI=1S/C14H15N5O/c1-14(2,3)10-12(20)15-13-17-16-11(19(13)18-10)9-7-5-4-6-8-9/h4-8H,1-3H3,(H,15,17,20). The zero-order chi connectivity index (χ0) is 14.3. The molecule has 0 unspecified atom stereocenters. The van der Waals surface area contributed by atoms with E-state index in [1.165, 1.54) is 0 Å². The van der Waals surface area contributed by atoms with Crippen molar-refractivity contribution in [3.8, 4) is 11.4 Å². The van der Waals surface area contributed by atoms with Crippen molar-refractivity contribution in [1.82, 2.24) is 24.8 Å². The lowest BCUT2D eigenvalue weighted by Gasteiger charge is -2.15. The molecule has 102 valence electrons. The van der Waals surface area contributed by atoms with Crippen LogP contribution in [0.3, 0.4) is 0 Å². The SMILES string of the molecule is CC(C)(C)c1nn2c(-c3ccccc3)nnc2[nH]c1=O. The summed E-state index contributed by atoms with van der Waals surface area (Å²) in [6.07, 6.45) is 0. The molecule has 0 bridgehead atoms. The van der Waals surface area contributed by atoms with Crippen LogP contribution in [-0.4, -0.2) is 24.8 Å². The van der Waals surface area contributed by atoms with Crippen LogP contribution in [0.15, 0.2) is 35.1 Å². The molecule has 0 amide bonds. The first-order valence-corrected chi connectivity index (χ1v) is 6.38. The molecule has 0 saturated heterocycles. The van der Waals surface area contributed by atoms with Crippen molar-refractivity contribution in [1.29, 1.82) is 0 Å². The lowest BCUT2D eigenvalue weighted by Crippen LogP contribution is -2.28. The van der Waals surface area contributed by atoms with Crippen LogP contribution in [0.2, 0.25) is 0 Å². The van der Waals surface area contributed by atoms with Gasteiger partial charge in [-0.3, -0.25) is 9.78 Å². The first kappa shape index (κ1) is 12.5. The fraction of sp³-hybridized carbons (Fsp3) is 0.286. The molecule has 0 atom stereocenters. The zero-order valence-electron chi connectivity index (χ0n) is 11.6. The second kappa shape index (κ2) is 4.26. The molecule has 6 heteroatoms. The van der Waals surface area contributed by atoms with Crippen molar-refractivity contribution >= 4 is 5.78 Å². The quantitative estimate of drug-likeness (QED) is 0.730. The van der Waals surface area contributed by atoms with Gasteiger partial charge in [0.15, 0.2) is 5.82 Å². The Bertz CT molecular complexity index is 811. The predicted molar refractivity (Wildman–Crippen MR) is 75.5 cm³/mol. The largest absolute Gasteiger partial charge is 0.288 e. The smallest absolute Gasteiger partial charge is 0.274 e. The molecule has 0 aliphatic heterocycles. The number of aromatic nitrogens is 5. The van der Waals surface area contributed by atoms with E-state index in [-0.39, 0.29) is 11.0 Å². The molecule has 2 aromatic heterocycles. The molecule has 3 aromatic rings. The predicted octanol–water partition coefficient (Wildman–Crippen LogP) is 1.78. The van der Waals surface area contributed by atoms with E-state index in [4.69, 9.17) is 0 Å². The van der Waals surface area contributed by atoms with E-state index in [1.807, 2.05) is 51.1 Å². The molecular weight excluding hydrogens is 254 g/mol. The minimum absolute atomic E-state index is 0.225. The van der Waals surface area contributed by atoms with Gasteiger partial charge in [-0.1, -0.05) is 51.1 Å². The average molecular weight is 269 g/mol. The van der Waals surface area contributed by atoms with E-state index in [2.05, 4.69) is 20.3 Å². The lowest BCUT2D eigenvalue weighted by molar-refractivity contribution is 0.542. The number of H-pyrrole nitrogens is 1. The lowest BCUT2D eigenvalue weighted by atomic mass is 9.93. The van der Waals surface area contributed by atoms with Gasteiger partial charge in [0.25, 0.3) is 11.3 Å². The van der Waals surface area contributed by atoms with Crippen molar-refractivity contribution in [2.45, 2.75) is 26.2 Å². The highest BCUT2D eigenvalue weighted by molar-refractivity contribution is 5.56. The molecular formula is C14H15N5O. The van der Waals surface area contributed by atoms with Crippen molar-refractivity contribution < 1.29 is 0 Å². The number of rotatable bonds is 1. The summed E-state index contributed by atoms with van der Waals surface area (Å²) in [5.74, 6) is 0.962. The maximum Gasteiger partial charge on any atom is 0.274 e. The molecule has 0 radical (unpaired) electrons. The molecule has 6 nitrogen and oxygen atoms in total. The van der Waals surface area contributed by atoms with Gasteiger partial charge in [-0.25, -0.2) is 0 Å². The van der Waals surface area contributed by atoms with Crippen LogP contribution in [-0.2, 0) is 5.41 Å². The van der Waals surface area contributed by atoms with Crippen molar-refractivity contribution in [2.75, 3.05) is 0 Å². The Labute approximate surface area is 115 Å². The van der Waals surface area contributed by atoms with Gasteiger partial charge < -0.3 is 0 Å². The third-order valence-corrected chi connectivity index (χ3v) is 3.02. The van der Waals surface area contributed by atoms with Crippen molar-refractivity contribution in [3.63, 3.8) is 0 Å². The summed E-state index contributed by atoms with van der Waals surface area (Å²) in [7, 11) is 0. The summed E-state index contributed by atoms with van der Waals surface area (Å²) in [6.45, 7) is 5.84. The maximum atomic E-state index is 12.0. The van der Waals surface area contributed by atoms with Crippen LogP contribution in [0.25, 0.3) is 17.2 Å². The van der Waals surface area contributed by atoms with Gasteiger partial charge in [0.2, 0.25) is 0 Å². The van der Waals surface area contributed by atoms with Crippen LogP contribution in [0.4, 0.5) is 0 Å². The monoisotopic (exact) mass is 269 g/mol. The molecule has 0 aliphatic carbocycles. The second-order valence-corrected chi connectivity index (χ2v) is 5.68. The number of hydrogen-bond acceptors (Lipinski definition) is 4. The Morgan fingerprint density at radius 2 is 1.80 bits per heavy atom. The highest BCUT2D eigenvalue weighted by Gasteiger charge is 2.22. The van der Waals surface area contributed by atoms with Gasteiger partial charge in [-0.2, -0.15) is 9.61 Å². The van der Waals surface area contributed by atoms with Gasteiger partial charge in [0.05, 0.1) is 0 Å². The van der Waals surface area contributed by atoms with Gasteiger partial charge in [-0.05, 0) is 0 Å². The Hall–Kier alpha value is -2.50. The van der Waals surface area contributed by atoms with Crippen LogP contribution < -0.4 is 5.56 Å². The minimum atomic E-state index is -0.347.